The van der Waals surface area contributed by atoms with Crippen LogP contribution in [0.3, 0.4) is 0 Å². The molecule has 1 aliphatic heterocycles. The maximum Gasteiger partial charge on any atom is 0.414 e. The van der Waals surface area contributed by atoms with Crippen LogP contribution in [0.2, 0.25) is 10.0 Å². The minimum absolute atomic E-state index is 0.258. The van der Waals surface area contributed by atoms with E-state index in [2.05, 4.69) is 15.6 Å². The van der Waals surface area contributed by atoms with Gasteiger partial charge in [0.05, 0.1) is 16.3 Å². The smallest absolute Gasteiger partial charge is 0.414 e. The van der Waals surface area contributed by atoms with Crippen LogP contribution in [0.25, 0.3) is 0 Å². The summed E-state index contributed by atoms with van der Waals surface area (Å²) >= 11 is 12.1. The first kappa shape index (κ1) is 24.3. The number of pyridine rings is 1. The van der Waals surface area contributed by atoms with E-state index >= 15 is 0 Å². The van der Waals surface area contributed by atoms with E-state index in [0.717, 1.165) is 25.9 Å². The predicted molar refractivity (Wildman–Crippen MR) is 128 cm³/mol. The van der Waals surface area contributed by atoms with Crippen molar-refractivity contribution in [2.24, 2.45) is 5.92 Å². The van der Waals surface area contributed by atoms with Crippen molar-refractivity contribution in [3.8, 4) is 0 Å². The van der Waals surface area contributed by atoms with Gasteiger partial charge in [-0.2, -0.15) is 0 Å². The lowest BCUT2D eigenvalue weighted by atomic mass is 9.97. The fourth-order valence-corrected chi connectivity index (χ4v) is 3.75. The third-order valence-electron chi connectivity index (χ3n) is 4.98. The topological polar surface area (TPSA) is 83.6 Å². The molecule has 0 aliphatic carbocycles. The number of anilines is 2. The minimum atomic E-state index is -0.675. The summed E-state index contributed by atoms with van der Waals surface area (Å²) in [6.45, 7) is 7.67. The summed E-state index contributed by atoms with van der Waals surface area (Å²) in [6, 6.07) is 8.12. The fraction of sp³-hybridized carbons (Fsp3) is 0.435. The van der Waals surface area contributed by atoms with Gasteiger partial charge in [0.2, 0.25) is 0 Å². The lowest BCUT2D eigenvalue weighted by molar-refractivity contribution is 0.0572. The third kappa shape index (κ3) is 6.82. The van der Waals surface area contributed by atoms with Crippen molar-refractivity contribution >= 4 is 46.7 Å². The van der Waals surface area contributed by atoms with E-state index in [1.54, 1.807) is 35.2 Å². The van der Waals surface area contributed by atoms with E-state index in [1.807, 2.05) is 20.8 Å². The molecule has 32 heavy (non-hydrogen) atoms. The number of piperidine rings is 1. The van der Waals surface area contributed by atoms with Crippen LogP contribution >= 0.6 is 23.2 Å². The van der Waals surface area contributed by atoms with Gasteiger partial charge in [0.25, 0.3) is 5.91 Å². The molecule has 2 N–H and O–H groups in total. The quantitative estimate of drug-likeness (QED) is 0.602. The molecule has 2 heterocycles. The molecule has 0 bridgehead atoms. The molecule has 172 valence electrons. The molecule has 1 aromatic carbocycles. The van der Waals surface area contributed by atoms with Gasteiger partial charge in [-0.05, 0) is 83.0 Å². The Hall–Kier alpha value is -2.35. The van der Waals surface area contributed by atoms with E-state index in [1.165, 1.54) is 6.20 Å². The minimum Gasteiger partial charge on any atom is -0.443 e. The molecule has 0 saturated carbocycles. The first-order valence-corrected chi connectivity index (χ1v) is 11.3. The summed E-state index contributed by atoms with van der Waals surface area (Å²) in [5.74, 6) is 0.192. The Kier molecular flexibility index (Phi) is 7.98. The molecule has 9 heteroatoms. The molecule has 0 unspecified atom stereocenters. The highest BCUT2D eigenvalue weighted by atomic mass is 35.5. The van der Waals surface area contributed by atoms with Crippen molar-refractivity contribution in [2.45, 2.75) is 39.2 Å². The number of halogens is 2. The van der Waals surface area contributed by atoms with E-state index in [0.29, 0.717) is 28.1 Å². The Morgan fingerprint density at radius 3 is 2.47 bits per heavy atom. The van der Waals surface area contributed by atoms with Crippen LogP contribution in [0, 0.1) is 5.92 Å². The van der Waals surface area contributed by atoms with Gasteiger partial charge >= 0.3 is 6.09 Å². The number of aromatic nitrogens is 1. The average Bonchev–Trinajstić information content (AvgIpc) is 2.73. The second-order valence-electron chi connectivity index (χ2n) is 8.76. The number of amides is 2. The van der Waals surface area contributed by atoms with Crippen molar-refractivity contribution in [1.29, 1.82) is 0 Å². The molecule has 0 radical (unpaired) electrons. The number of hydrogen-bond acceptors (Lipinski definition) is 5. The summed E-state index contributed by atoms with van der Waals surface area (Å²) in [6.07, 6.45) is 2.81. The van der Waals surface area contributed by atoms with Crippen LogP contribution in [0.4, 0.5) is 16.3 Å². The maximum absolute atomic E-state index is 13.2. The molecule has 1 saturated heterocycles. The Morgan fingerprint density at radius 1 is 1.16 bits per heavy atom. The number of nitrogens with zero attached hydrogens (tertiary/aromatic N) is 2. The van der Waals surface area contributed by atoms with Gasteiger partial charge in [0, 0.05) is 17.8 Å². The van der Waals surface area contributed by atoms with Gasteiger partial charge in [-0.25, -0.2) is 9.78 Å². The number of benzene rings is 1. The van der Waals surface area contributed by atoms with Crippen LogP contribution in [-0.4, -0.2) is 42.2 Å². The Balaban J connectivity index is 1.94. The van der Waals surface area contributed by atoms with Crippen LogP contribution in [0.1, 0.15) is 44.0 Å². The first-order valence-electron chi connectivity index (χ1n) is 10.6. The van der Waals surface area contributed by atoms with Gasteiger partial charge in [0.1, 0.15) is 11.4 Å². The molecular weight excluding hydrogens is 451 g/mol. The van der Waals surface area contributed by atoms with Gasteiger partial charge in [-0.1, -0.05) is 23.2 Å². The summed E-state index contributed by atoms with van der Waals surface area (Å²) in [5.41, 5.74) is 0.0219. The van der Waals surface area contributed by atoms with Crippen molar-refractivity contribution in [3.63, 3.8) is 0 Å². The second-order valence-corrected chi connectivity index (χ2v) is 9.63. The molecule has 0 atom stereocenters. The summed E-state index contributed by atoms with van der Waals surface area (Å²) < 4.78 is 5.67. The SMILES string of the molecule is CC(C)(C)OC(=O)N(CC1CCNCC1)c1ccc(Cl)cc1C(=O)Nc1ccc(Cl)cn1. The highest BCUT2D eigenvalue weighted by Crippen LogP contribution is 2.29. The molecular formula is C23H28Cl2N4O3. The van der Waals surface area contributed by atoms with Gasteiger partial charge in [0.15, 0.2) is 0 Å². The van der Waals surface area contributed by atoms with E-state index in [4.69, 9.17) is 27.9 Å². The van der Waals surface area contributed by atoms with Crippen LogP contribution < -0.4 is 15.5 Å². The monoisotopic (exact) mass is 478 g/mol. The zero-order chi connectivity index (χ0) is 23.3. The molecule has 2 aromatic rings. The molecule has 0 spiro atoms. The van der Waals surface area contributed by atoms with Crippen molar-refractivity contribution in [3.05, 3.63) is 52.1 Å². The highest BCUT2D eigenvalue weighted by molar-refractivity contribution is 6.31. The predicted octanol–water partition coefficient (Wildman–Crippen LogP) is 5.38. The van der Waals surface area contributed by atoms with Crippen LogP contribution in [0.5, 0.6) is 0 Å². The summed E-state index contributed by atoms with van der Waals surface area (Å²) in [7, 11) is 0. The second kappa shape index (κ2) is 10.5. The lowest BCUT2D eigenvalue weighted by Crippen LogP contribution is -2.42. The number of carbonyl (C=O) groups excluding carboxylic acids is 2. The zero-order valence-corrected chi connectivity index (χ0v) is 20.0. The molecule has 1 aliphatic rings. The Bertz CT molecular complexity index is 955. The summed E-state index contributed by atoms with van der Waals surface area (Å²) in [5, 5.41) is 6.92. The molecule has 3 rings (SSSR count). The van der Waals surface area contributed by atoms with Gasteiger partial charge < -0.3 is 15.4 Å². The first-order chi connectivity index (χ1) is 15.1. The third-order valence-corrected chi connectivity index (χ3v) is 5.44. The van der Waals surface area contributed by atoms with Crippen LogP contribution in [0.15, 0.2) is 36.5 Å². The Morgan fingerprint density at radius 2 is 1.84 bits per heavy atom. The normalized spacial score (nSPS) is 14.7. The molecule has 1 fully saturated rings. The van der Waals surface area contributed by atoms with E-state index in [-0.39, 0.29) is 11.5 Å². The van der Waals surface area contributed by atoms with Gasteiger partial charge in [-0.15, -0.1) is 0 Å². The average molecular weight is 479 g/mol. The number of rotatable bonds is 5. The fourth-order valence-electron chi connectivity index (χ4n) is 3.47. The van der Waals surface area contributed by atoms with Crippen molar-refractivity contribution in [2.75, 3.05) is 29.9 Å². The van der Waals surface area contributed by atoms with E-state index < -0.39 is 17.6 Å². The number of hydrogen-bond donors (Lipinski definition) is 2. The van der Waals surface area contributed by atoms with Crippen molar-refractivity contribution in [1.82, 2.24) is 10.3 Å². The standard InChI is InChI=1S/C23H28Cl2N4O3/c1-23(2,3)32-22(31)29(14-15-8-10-26-11-9-15)19-6-4-16(24)12-18(19)21(30)28-20-7-5-17(25)13-27-20/h4-7,12-13,15,26H,8-11,14H2,1-3H3,(H,27,28,30). The largest absolute Gasteiger partial charge is 0.443 e. The number of ether oxygens (including phenoxy) is 1. The maximum atomic E-state index is 13.2. The molecule has 2 amide bonds. The highest BCUT2D eigenvalue weighted by Gasteiger charge is 2.29. The van der Waals surface area contributed by atoms with Crippen LogP contribution in [-0.2, 0) is 4.74 Å². The van der Waals surface area contributed by atoms with E-state index in [9.17, 15) is 9.59 Å². The Labute approximate surface area is 198 Å². The zero-order valence-electron chi connectivity index (χ0n) is 18.5. The number of carbonyl (C=O) groups is 2. The molecule has 7 nitrogen and oxygen atoms in total. The number of nitrogens with one attached hydrogen (secondary N) is 2. The van der Waals surface area contributed by atoms with Crippen molar-refractivity contribution < 1.29 is 14.3 Å². The molecule has 1 aromatic heterocycles. The summed E-state index contributed by atoms with van der Waals surface area (Å²) in [4.78, 5) is 32.0. The van der Waals surface area contributed by atoms with Gasteiger partial charge in [-0.3, -0.25) is 9.69 Å². The lowest BCUT2D eigenvalue weighted by Gasteiger charge is -2.32.